The van der Waals surface area contributed by atoms with Gasteiger partial charge in [0.25, 0.3) is 0 Å². The van der Waals surface area contributed by atoms with Gasteiger partial charge >= 0.3 is 0 Å². The topological polar surface area (TPSA) is 33.1 Å². The van der Waals surface area contributed by atoms with Crippen LogP contribution in [0.25, 0.3) is 0 Å². The highest BCUT2D eigenvalue weighted by Gasteiger charge is 2.18. The molecule has 0 aliphatic carbocycles. The summed E-state index contributed by atoms with van der Waals surface area (Å²) in [4.78, 5) is 2.60. The molecule has 0 atom stereocenters. The SMILES string of the molecule is CC(C)CN1CCC(NCCc2ccn(C)n2)CC1. The molecule has 2 rings (SSSR count). The van der Waals surface area contributed by atoms with Gasteiger partial charge in [-0.1, -0.05) is 13.8 Å². The van der Waals surface area contributed by atoms with Gasteiger partial charge in [-0.15, -0.1) is 0 Å². The number of hydrogen-bond donors (Lipinski definition) is 1. The van der Waals surface area contributed by atoms with Gasteiger partial charge in [-0.25, -0.2) is 0 Å². The zero-order valence-electron chi connectivity index (χ0n) is 12.6. The van der Waals surface area contributed by atoms with E-state index in [1.54, 1.807) is 0 Å². The summed E-state index contributed by atoms with van der Waals surface area (Å²) >= 11 is 0. The molecular weight excluding hydrogens is 236 g/mol. The van der Waals surface area contributed by atoms with Crippen molar-refractivity contribution in [2.24, 2.45) is 13.0 Å². The number of nitrogens with zero attached hydrogens (tertiary/aromatic N) is 3. The summed E-state index contributed by atoms with van der Waals surface area (Å²) in [5.74, 6) is 0.786. The molecule has 0 spiro atoms. The summed E-state index contributed by atoms with van der Waals surface area (Å²) in [5, 5.41) is 8.08. The van der Waals surface area contributed by atoms with Gasteiger partial charge in [0.15, 0.2) is 0 Å². The van der Waals surface area contributed by atoms with Crippen LogP contribution in [0, 0.1) is 5.92 Å². The second kappa shape index (κ2) is 7.06. The zero-order chi connectivity index (χ0) is 13.7. The Morgan fingerprint density at radius 3 is 2.68 bits per heavy atom. The third-order valence-corrected chi connectivity index (χ3v) is 3.79. The summed E-state index contributed by atoms with van der Waals surface area (Å²) in [7, 11) is 1.97. The molecule has 4 heteroatoms. The Morgan fingerprint density at radius 1 is 1.37 bits per heavy atom. The molecule has 0 aromatic carbocycles. The van der Waals surface area contributed by atoms with Crippen LogP contribution in [-0.2, 0) is 13.5 Å². The number of aryl methyl sites for hydroxylation is 1. The molecule has 108 valence electrons. The Labute approximate surface area is 117 Å². The summed E-state index contributed by atoms with van der Waals surface area (Å²) in [6, 6.07) is 2.81. The van der Waals surface area contributed by atoms with Gasteiger partial charge in [0, 0.05) is 38.8 Å². The largest absolute Gasteiger partial charge is 0.313 e. The predicted octanol–water partition coefficient (Wildman–Crippen LogP) is 1.67. The molecule has 0 amide bonds. The van der Waals surface area contributed by atoms with Crippen LogP contribution in [0.1, 0.15) is 32.4 Å². The van der Waals surface area contributed by atoms with Crippen molar-refractivity contribution in [2.45, 2.75) is 39.2 Å². The molecule has 0 radical (unpaired) electrons. The first-order chi connectivity index (χ1) is 9.13. The standard InChI is InChI=1S/C15H28N4/c1-13(2)12-19-10-6-14(7-11-19)16-8-4-15-5-9-18(3)17-15/h5,9,13-14,16H,4,6-8,10-12H2,1-3H3. The molecular formula is C15H28N4. The summed E-state index contributed by atoms with van der Waals surface area (Å²) in [5.41, 5.74) is 1.19. The fraction of sp³-hybridized carbons (Fsp3) is 0.800. The van der Waals surface area contributed by atoms with Crippen molar-refractivity contribution in [3.63, 3.8) is 0 Å². The van der Waals surface area contributed by atoms with Gasteiger partial charge in [0.1, 0.15) is 0 Å². The van der Waals surface area contributed by atoms with Crippen molar-refractivity contribution < 1.29 is 0 Å². The average Bonchev–Trinajstić information content (AvgIpc) is 2.77. The first-order valence-corrected chi connectivity index (χ1v) is 7.57. The van der Waals surface area contributed by atoms with Crippen LogP contribution < -0.4 is 5.32 Å². The maximum absolute atomic E-state index is 4.41. The monoisotopic (exact) mass is 264 g/mol. The van der Waals surface area contributed by atoms with Crippen LogP contribution in [0.5, 0.6) is 0 Å². The number of likely N-dealkylation sites (tertiary alicyclic amines) is 1. The van der Waals surface area contributed by atoms with Crippen LogP contribution in [0.15, 0.2) is 12.3 Å². The van der Waals surface area contributed by atoms with Gasteiger partial charge in [-0.2, -0.15) is 5.10 Å². The first-order valence-electron chi connectivity index (χ1n) is 7.57. The number of rotatable bonds is 6. The van der Waals surface area contributed by atoms with Crippen molar-refractivity contribution in [2.75, 3.05) is 26.2 Å². The molecule has 1 aliphatic heterocycles. The molecule has 0 bridgehead atoms. The fourth-order valence-corrected chi connectivity index (χ4v) is 2.84. The minimum absolute atomic E-state index is 0.701. The Kier molecular flexibility index (Phi) is 5.40. The van der Waals surface area contributed by atoms with E-state index in [-0.39, 0.29) is 0 Å². The third-order valence-electron chi connectivity index (χ3n) is 3.79. The summed E-state index contributed by atoms with van der Waals surface area (Å²) in [6.07, 6.45) is 5.62. The minimum Gasteiger partial charge on any atom is -0.313 e. The van der Waals surface area contributed by atoms with E-state index < -0.39 is 0 Å². The van der Waals surface area contributed by atoms with E-state index in [1.807, 2.05) is 17.9 Å². The second-order valence-corrected chi connectivity index (χ2v) is 6.15. The number of aromatic nitrogens is 2. The van der Waals surface area contributed by atoms with Crippen molar-refractivity contribution in [3.8, 4) is 0 Å². The Morgan fingerprint density at radius 2 is 2.11 bits per heavy atom. The van der Waals surface area contributed by atoms with Gasteiger partial charge < -0.3 is 10.2 Å². The lowest BCUT2D eigenvalue weighted by Crippen LogP contribution is -2.44. The molecule has 19 heavy (non-hydrogen) atoms. The van der Waals surface area contributed by atoms with Crippen LogP contribution in [0.2, 0.25) is 0 Å². The van der Waals surface area contributed by atoms with E-state index in [2.05, 4.69) is 35.2 Å². The Bertz CT molecular complexity index is 364. The summed E-state index contributed by atoms with van der Waals surface area (Å²) in [6.45, 7) is 9.40. The van der Waals surface area contributed by atoms with Gasteiger partial charge in [0.05, 0.1) is 5.69 Å². The minimum atomic E-state index is 0.701. The smallest absolute Gasteiger partial charge is 0.0637 e. The fourth-order valence-electron chi connectivity index (χ4n) is 2.84. The molecule has 1 fully saturated rings. The van der Waals surface area contributed by atoms with E-state index >= 15 is 0 Å². The van der Waals surface area contributed by atoms with E-state index in [4.69, 9.17) is 0 Å². The lowest BCUT2D eigenvalue weighted by molar-refractivity contribution is 0.180. The predicted molar refractivity (Wildman–Crippen MR) is 79.2 cm³/mol. The normalized spacial score (nSPS) is 18.3. The maximum atomic E-state index is 4.41. The summed E-state index contributed by atoms with van der Waals surface area (Å²) < 4.78 is 1.87. The molecule has 1 aromatic rings. The van der Waals surface area contributed by atoms with Gasteiger partial charge in [-0.05, 0) is 37.9 Å². The molecule has 2 heterocycles. The van der Waals surface area contributed by atoms with Gasteiger partial charge in [-0.3, -0.25) is 4.68 Å². The van der Waals surface area contributed by atoms with Crippen molar-refractivity contribution in [1.82, 2.24) is 20.0 Å². The zero-order valence-corrected chi connectivity index (χ0v) is 12.6. The highest BCUT2D eigenvalue weighted by atomic mass is 15.2. The highest BCUT2D eigenvalue weighted by Crippen LogP contribution is 2.12. The lowest BCUT2D eigenvalue weighted by Gasteiger charge is -2.33. The third kappa shape index (κ3) is 4.96. The van der Waals surface area contributed by atoms with E-state index in [1.165, 1.54) is 38.2 Å². The molecule has 1 saturated heterocycles. The second-order valence-electron chi connectivity index (χ2n) is 6.15. The molecule has 4 nitrogen and oxygen atoms in total. The Hall–Kier alpha value is -0.870. The molecule has 0 saturated carbocycles. The number of nitrogens with one attached hydrogen (secondary N) is 1. The van der Waals surface area contributed by atoms with Gasteiger partial charge in [0.2, 0.25) is 0 Å². The molecule has 1 aromatic heterocycles. The molecule has 1 N–H and O–H groups in total. The first kappa shape index (κ1) is 14.5. The number of hydrogen-bond acceptors (Lipinski definition) is 3. The van der Waals surface area contributed by atoms with E-state index in [0.29, 0.717) is 6.04 Å². The van der Waals surface area contributed by atoms with Crippen LogP contribution >= 0.6 is 0 Å². The van der Waals surface area contributed by atoms with Crippen LogP contribution in [0.4, 0.5) is 0 Å². The Balaban J connectivity index is 1.60. The molecule has 0 unspecified atom stereocenters. The molecule has 1 aliphatic rings. The lowest BCUT2D eigenvalue weighted by atomic mass is 10.0. The quantitative estimate of drug-likeness (QED) is 0.848. The van der Waals surface area contributed by atoms with Crippen LogP contribution in [-0.4, -0.2) is 46.9 Å². The van der Waals surface area contributed by atoms with Crippen molar-refractivity contribution in [3.05, 3.63) is 18.0 Å². The maximum Gasteiger partial charge on any atom is 0.0637 e. The van der Waals surface area contributed by atoms with E-state index in [0.717, 1.165) is 18.9 Å². The van der Waals surface area contributed by atoms with E-state index in [9.17, 15) is 0 Å². The average molecular weight is 264 g/mol. The van der Waals surface area contributed by atoms with Crippen LogP contribution in [0.3, 0.4) is 0 Å². The van der Waals surface area contributed by atoms with Crippen molar-refractivity contribution >= 4 is 0 Å². The van der Waals surface area contributed by atoms with Crippen molar-refractivity contribution in [1.29, 1.82) is 0 Å². The number of piperidine rings is 1. The highest BCUT2D eigenvalue weighted by molar-refractivity contribution is 4.99.